The Hall–Kier alpha value is -0.590. The number of hydrogen-bond acceptors (Lipinski definition) is 6. The molecule has 1 aromatic rings. The average molecular weight is 271 g/mol. The van der Waals surface area contributed by atoms with E-state index < -0.39 is 5.54 Å². The van der Waals surface area contributed by atoms with E-state index in [1.54, 1.807) is 0 Å². The second-order valence-corrected chi connectivity index (χ2v) is 6.55. The van der Waals surface area contributed by atoms with Gasteiger partial charge in [0, 0.05) is 0 Å². The number of aromatic nitrogens is 2. The van der Waals surface area contributed by atoms with Crippen LogP contribution >= 0.6 is 11.8 Å². The fourth-order valence-corrected chi connectivity index (χ4v) is 2.96. The van der Waals surface area contributed by atoms with Crippen molar-refractivity contribution < 1.29 is 9.26 Å². The molecular weight excluding hydrogens is 250 g/mol. The van der Waals surface area contributed by atoms with Gasteiger partial charge in [0.1, 0.15) is 5.54 Å². The van der Waals surface area contributed by atoms with Crippen molar-refractivity contribution in [2.24, 2.45) is 5.73 Å². The highest BCUT2D eigenvalue weighted by atomic mass is 32.2. The Bertz CT molecular complexity index is 386. The molecule has 0 aliphatic carbocycles. The maximum absolute atomic E-state index is 6.18. The van der Waals surface area contributed by atoms with Gasteiger partial charge < -0.3 is 15.0 Å². The van der Waals surface area contributed by atoms with Gasteiger partial charge in [-0.3, -0.25) is 0 Å². The zero-order valence-electron chi connectivity index (χ0n) is 11.2. The number of nitrogens with two attached hydrogens (primary N) is 1. The lowest BCUT2D eigenvalue weighted by atomic mass is 10.1. The van der Waals surface area contributed by atoms with E-state index in [0.29, 0.717) is 23.6 Å². The molecule has 1 aromatic heterocycles. The van der Waals surface area contributed by atoms with Crippen LogP contribution in [0, 0.1) is 0 Å². The minimum absolute atomic E-state index is 0.143. The lowest BCUT2D eigenvalue weighted by Crippen LogP contribution is -2.40. The smallest absolute Gasteiger partial charge is 0.239 e. The second-order valence-electron chi connectivity index (χ2n) is 5.24. The topological polar surface area (TPSA) is 74.2 Å². The van der Waals surface area contributed by atoms with Crippen molar-refractivity contribution in [2.45, 2.75) is 50.5 Å². The molecule has 6 heteroatoms. The van der Waals surface area contributed by atoms with E-state index in [4.69, 9.17) is 15.0 Å². The van der Waals surface area contributed by atoms with Gasteiger partial charge in [-0.1, -0.05) is 5.16 Å². The van der Waals surface area contributed by atoms with Gasteiger partial charge in [-0.05, 0) is 39.4 Å². The average Bonchev–Trinajstić information content (AvgIpc) is 2.96. The molecule has 1 fully saturated rings. The molecular formula is C12H21N3O2S. The minimum atomic E-state index is -0.699. The molecule has 18 heavy (non-hydrogen) atoms. The molecule has 0 aromatic carbocycles. The lowest BCUT2D eigenvalue weighted by Gasteiger charge is -2.21. The van der Waals surface area contributed by atoms with Crippen molar-refractivity contribution >= 4 is 11.8 Å². The van der Waals surface area contributed by atoms with Crippen LogP contribution in [-0.4, -0.2) is 28.6 Å². The van der Waals surface area contributed by atoms with Crippen LogP contribution in [0.25, 0.3) is 0 Å². The van der Waals surface area contributed by atoms with E-state index in [1.807, 2.05) is 32.5 Å². The first-order valence-electron chi connectivity index (χ1n) is 6.35. The molecule has 0 amide bonds. The summed E-state index contributed by atoms with van der Waals surface area (Å²) in [4.78, 5) is 4.44. The van der Waals surface area contributed by atoms with Gasteiger partial charge in [0.2, 0.25) is 5.89 Å². The number of rotatable bonds is 5. The molecule has 1 saturated heterocycles. The lowest BCUT2D eigenvalue weighted by molar-refractivity contribution is 0.0410. The molecule has 2 heterocycles. The fourth-order valence-electron chi connectivity index (χ4n) is 1.77. The van der Waals surface area contributed by atoms with Crippen molar-refractivity contribution in [3.05, 3.63) is 11.7 Å². The molecule has 5 nitrogen and oxygen atoms in total. The highest BCUT2D eigenvalue weighted by Crippen LogP contribution is 2.39. The maximum atomic E-state index is 6.18. The van der Waals surface area contributed by atoms with Gasteiger partial charge >= 0.3 is 0 Å². The molecule has 0 bridgehead atoms. The molecule has 0 spiro atoms. The zero-order valence-corrected chi connectivity index (χ0v) is 12.0. The van der Waals surface area contributed by atoms with Gasteiger partial charge in [-0.2, -0.15) is 4.98 Å². The molecule has 2 atom stereocenters. The predicted molar refractivity (Wildman–Crippen MR) is 71.4 cm³/mol. The van der Waals surface area contributed by atoms with Gasteiger partial charge in [-0.25, -0.2) is 0 Å². The Morgan fingerprint density at radius 2 is 2.39 bits per heavy atom. The fraction of sp³-hybridized carbons (Fsp3) is 0.833. The molecule has 1 aliphatic rings. The molecule has 2 N–H and O–H groups in total. The molecule has 102 valence electrons. The molecule has 2 rings (SSSR count). The third-order valence-corrected chi connectivity index (χ3v) is 4.24. The SMILES string of the molecule is CC(C)OCC(C)(N)c1noc(C2CCCS2)n1. The van der Waals surface area contributed by atoms with E-state index in [1.165, 1.54) is 12.2 Å². The summed E-state index contributed by atoms with van der Waals surface area (Å²) >= 11 is 1.87. The van der Waals surface area contributed by atoms with E-state index in [-0.39, 0.29) is 6.10 Å². The summed E-state index contributed by atoms with van der Waals surface area (Å²) in [5.74, 6) is 2.40. The zero-order chi connectivity index (χ0) is 13.2. The summed E-state index contributed by atoms with van der Waals surface area (Å²) in [5, 5.41) is 4.35. The summed E-state index contributed by atoms with van der Waals surface area (Å²) < 4.78 is 10.9. The summed E-state index contributed by atoms with van der Waals surface area (Å²) in [6.45, 7) is 6.22. The Kier molecular flexibility index (Phi) is 4.29. The van der Waals surface area contributed by atoms with Crippen LogP contribution in [0.4, 0.5) is 0 Å². The van der Waals surface area contributed by atoms with Crippen molar-refractivity contribution in [3.63, 3.8) is 0 Å². The molecule has 0 saturated carbocycles. The first kappa shape index (κ1) is 13.8. The maximum Gasteiger partial charge on any atom is 0.239 e. The Balaban J connectivity index is 2.03. The van der Waals surface area contributed by atoms with Crippen molar-refractivity contribution in [1.82, 2.24) is 10.1 Å². The summed E-state index contributed by atoms with van der Waals surface area (Å²) in [6.07, 6.45) is 2.46. The quantitative estimate of drug-likeness (QED) is 0.885. The molecule has 2 unspecified atom stereocenters. The molecule has 0 radical (unpaired) electrons. The number of ether oxygens (including phenoxy) is 1. The third-order valence-electron chi connectivity index (χ3n) is 2.87. The Morgan fingerprint density at radius 1 is 1.61 bits per heavy atom. The second kappa shape index (κ2) is 5.59. The summed E-state index contributed by atoms with van der Waals surface area (Å²) in [7, 11) is 0. The van der Waals surface area contributed by atoms with Gasteiger partial charge in [0.15, 0.2) is 5.82 Å². The first-order valence-corrected chi connectivity index (χ1v) is 7.40. The van der Waals surface area contributed by atoms with Crippen LogP contribution in [0.5, 0.6) is 0 Å². The largest absolute Gasteiger partial charge is 0.376 e. The first-order chi connectivity index (χ1) is 8.49. The van der Waals surface area contributed by atoms with E-state index in [2.05, 4.69) is 10.1 Å². The van der Waals surface area contributed by atoms with Crippen LogP contribution in [-0.2, 0) is 10.3 Å². The van der Waals surface area contributed by atoms with Gasteiger partial charge in [0.25, 0.3) is 0 Å². The Morgan fingerprint density at radius 3 is 3.00 bits per heavy atom. The van der Waals surface area contributed by atoms with Crippen LogP contribution < -0.4 is 5.73 Å². The monoisotopic (exact) mass is 271 g/mol. The normalized spacial score (nSPS) is 23.5. The van der Waals surface area contributed by atoms with Crippen LogP contribution in [0.15, 0.2) is 4.52 Å². The van der Waals surface area contributed by atoms with Crippen molar-refractivity contribution in [2.75, 3.05) is 12.4 Å². The number of nitrogens with zero attached hydrogens (tertiary/aromatic N) is 2. The van der Waals surface area contributed by atoms with Crippen molar-refractivity contribution in [3.8, 4) is 0 Å². The summed E-state index contributed by atoms with van der Waals surface area (Å²) in [6, 6.07) is 0. The van der Waals surface area contributed by atoms with Crippen LogP contribution in [0.3, 0.4) is 0 Å². The van der Waals surface area contributed by atoms with E-state index >= 15 is 0 Å². The van der Waals surface area contributed by atoms with Crippen LogP contribution in [0.1, 0.15) is 50.6 Å². The predicted octanol–water partition coefficient (Wildman–Crippen LogP) is 2.24. The minimum Gasteiger partial charge on any atom is -0.376 e. The Labute approximate surface area is 112 Å². The number of thioether (sulfide) groups is 1. The third kappa shape index (κ3) is 3.24. The van der Waals surface area contributed by atoms with Gasteiger partial charge in [0.05, 0.1) is 18.0 Å². The van der Waals surface area contributed by atoms with Crippen LogP contribution in [0.2, 0.25) is 0 Å². The highest BCUT2D eigenvalue weighted by Gasteiger charge is 2.31. The standard InChI is InChI=1S/C12H21N3O2S/c1-8(2)16-7-12(3,13)11-14-10(17-15-11)9-5-4-6-18-9/h8-9H,4-7,13H2,1-3H3. The van der Waals surface area contributed by atoms with Crippen molar-refractivity contribution in [1.29, 1.82) is 0 Å². The summed E-state index contributed by atoms with van der Waals surface area (Å²) in [5.41, 5.74) is 5.48. The highest BCUT2D eigenvalue weighted by molar-refractivity contribution is 7.99. The van der Waals surface area contributed by atoms with Gasteiger partial charge in [-0.15, -0.1) is 11.8 Å². The van der Waals surface area contributed by atoms with E-state index in [0.717, 1.165) is 6.42 Å². The molecule has 1 aliphatic heterocycles. The number of hydrogen-bond donors (Lipinski definition) is 1. The van der Waals surface area contributed by atoms with E-state index in [9.17, 15) is 0 Å².